The first-order valence-corrected chi connectivity index (χ1v) is 10.2. The fourth-order valence-corrected chi connectivity index (χ4v) is 4.06. The molecular weight excluding hydrogens is 409 g/mol. The summed E-state index contributed by atoms with van der Waals surface area (Å²) in [5.74, 6) is 0.567. The summed E-state index contributed by atoms with van der Waals surface area (Å²) < 4.78 is 5.28. The van der Waals surface area contributed by atoms with Crippen molar-refractivity contribution in [3.8, 4) is 11.8 Å². The molecule has 29 heavy (non-hydrogen) atoms. The third-order valence-electron chi connectivity index (χ3n) is 5.30. The molecular formula is C22H23Cl2N3O2. The van der Waals surface area contributed by atoms with Crippen molar-refractivity contribution in [2.24, 2.45) is 5.41 Å². The van der Waals surface area contributed by atoms with Crippen molar-refractivity contribution in [3.05, 3.63) is 63.6 Å². The van der Waals surface area contributed by atoms with Gasteiger partial charge >= 0.3 is 0 Å². The second-order valence-corrected chi connectivity index (χ2v) is 8.23. The van der Waals surface area contributed by atoms with Crippen LogP contribution in [0.15, 0.2) is 42.5 Å². The molecule has 2 aromatic rings. The van der Waals surface area contributed by atoms with Gasteiger partial charge in [-0.05, 0) is 48.7 Å². The fraction of sp³-hybridized carbons (Fsp3) is 0.364. The second-order valence-electron chi connectivity index (χ2n) is 7.36. The number of carbonyl (C=O) groups excluding carboxylic acids is 1. The van der Waals surface area contributed by atoms with Crippen molar-refractivity contribution in [1.82, 2.24) is 10.2 Å². The van der Waals surface area contributed by atoms with Crippen LogP contribution in [0.2, 0.25) is 10.0 Å². The van der Waals surface area contributed by atoms with Gasteiger partial charge in [0.2, 0.25) is 0 Å². The summed E-state index contributed by atoms with van der Waals surface area (Å²) in [6.45, 7) is 2.71. The lowest BCUT2D eigenvalue weighted by Gasteiger charge is -2.37. The van der Waals surface area contributed by atoms with Gasteiger partial charge in [-0.15, -0.1) is 0 Å². The molecule has 0 bridgehead atoms. The maximum Gasteiger partial charge on any atom is 0.251 e. The number of hydrogen-bond acceptors (Lipinski definition) is 4. The number of amides is 1. The number of benzene rings is 2. The normalized spacial score (nSPS) is 16.1. The summed E-state index contributed by atoms with van der Waals surface area (Å²) in [5.41, 5.74) is 1.01. The molecule has 0 atom stereocenters. The minimum Gasteiger partial charge on any atom is -0.497 e. The van der Waals surface area contributed by atoms with Crippen LogP contribution in [0, 0.1) is 16.7 Å². The zero-order valence-corrected chi connectivity index (χ0v) is 17.8. The van der Waals surface area contributed by atoms with Crippen molar-refractivity contribution in [1.29, 1.82) is 5.26 Å². The summed E-state index contributed by atoms with van der Waals surface area (Å²) in [5, 5.41) is 13.5. The van der Waals surface area contributed by atoms with Gasteiger partial charge in [0.05, 0.1) is 18.6 Å². The topological polar surface area (TPSA) is 65.4 Å². The molecule has 0 spiro atoms. The minimum atomic E-state index is -0.567. The number of methoxy groups -OCH3 is 1. The van der Waals surface area contributed by atoms with Crippen LogP contribution in [0.25, 0.3) is 0 Å². The maximum atomic E-state index is 12.5. The number of ether oxygens (including phenoxy) is 1. The van der Waals surface area contributed by atoms with Gasteiger partial charge in [-0.3, -0.25) is 9.69 Å². The Kier molecular flexibility index (Phi) is 7.02. The smallest absolute Gasteiger partial charge is 0.251 e. The van der Waals surface area contributed by atoms with Gasteiger partial charge in [0, 0.05) is 41.8 Å². The van der Waals surface area contributed by atoms with Crippen LogP contribution >= 0.6 is 23.2 Å². The Morgan fingerprint density at radius 2 is 1.90 bits per heavy atom. The molecule has 5 nitrogen and oxygen atoms in total. The molecule has 1 aliphatic rings. The summed E-state index contributed by atoms with van der Waals surface area (Å²) in [7, 11) is 1.66. The predicted molar refractivity (Wildman–Crippen MR) is 114 cm³/mol. The predicted octanol–water partition coefficient (Wildman–Crippen LogP) is 4.54. The first-order valence-electron chi connectivity index (χ1n) is 9.44. The van der Waals surface area contributed by atoms with Gasteiger partial charge < -0.3 is 10.1 Å². The zero-order chi connectivity index (χ0) is 20.9. The highest BCUT2D eigenvalue weighted by molar-refractivity contribution is 6.35. The highest BCUT2D eigenvalue weighted by Crippen LogP contribution is 2.31. The maximum absolute atomic E-state index is 12.5. The molecule has 0 unspecified atom stereocenters. The van der Waals surface area contributed by atoms with Crippen LogP contribution in [0.4, 0.5) is 0 Å². The quantitative estimate of drug-likeness (QED) is 0.728. The zero-order valence-electron chi connectivity index (χ0n) is 16.3. The Morgan fingerprint density at radius 3 is 2.52 bits per heavy atom. The van der Waals surface area contributed by atoms with E-state index >= 15 is 0 Å². The van der Waals surface area contributed by atoms with E-state index in [0.717, 1.165) is 25.4 Å². The van der Waals surface area contributed by atoms with Crippen LogP contribution in [0.5, 0.6) is 5.75 Å². The molecule has 1 heterocycles. The van der Waals surface area contributed by atoms with E-state index in [2.05, 4.69) is 22.4 Å². The minimum absolute atomic E-state index is 0.275. The number of nitrogens with zero attached hydrogens (tertiary/aromatic N) is 2. The van der Waals surface area contributed by atoms with Crippen LogP contribution < -0.4 is 10.1 Å². The first kappa shape index (κ1) is 21.4. The fourth-order valence-electron chi connectivity index (χ4n) is 3.53. The summed E-state index contributed by atoms with van der Waals surface area (Å²) in [6.07, 6.45) is 1.40. The third kappa shape index (κ3) is 5.63. The van der Waals surface area contributed by atoms with Gasteiger partial charge in [0.1, 0.15) is 5.75 Å². The lowest BCUT2D eigenvalue weighted by molar-refractivity contribution is 0.0906. The van der Waals surface area contributed by atoms with Crippen molar-refractivity contribution in [3.63, 3.8) is 0 Å². The number of rotatable bonds is 6. The van der Waals surface area contributed by atoms with E-state index in [9.17, 15) is 10.1 Å². The average molecular weight is 432 g/mol. The summed E-state index contributed by atoms with van der Waals surface area (Å²) in [4.78, 5) is 14.8. The van der Waals surface area contributed by atoms with Gasteiger partial charge in [0.15, 0.2) is 0 Å². The first-order chi connectivity index (χ1) is 13.9. The van der Waals surface area contributed by atoms with E-state index in [1.165, 1.54) is 5.56 Å². The number of halogens is 2. The lowest BCUT2D eigenvalue weighted by Crippen LogP contribution is -2.45. The number of likely N-dealkylation sites (tertiary alicyclic amines) is 1. The monoisotopic (exact) mass is 431 g/mol. The average Bonchev–Trinajstić information content (AvgIpc) is 2.72. The Balaban J connectivity index is 1.56. The largest absolute Gasteiger partial charge is 0.497 e. The van der Waals surface area contributed by atoms with E-state index in [1.807, 2.05) is 18.2 Å². The molecule has 1 fully saturated rings. The number of nitriles is 1. The molecule has 1 amide bonds. The summed E-state index contributed by atoms with van der Waals surface area (Å²) >= 11 is 11.9. The lowest BCUT2D eigenvalue weighted by atomic mass is 9.79. The van der Waals surface area contributed by atoms with Crippen LogP contribution in [-0.4, -0.2) is 37.6 Å². The molecule has 1 aliphatic heterocycles. The molecule has 1 N–H and O–H groups in total. The molecule has 0 aromatic heterocycles. The van der Waals surface area contributed by atoms with E-state index in [4.69, 9.17) is 27.9 Å². The molecule has 3 rings (SSSR count). The Morgan fingerprint density at radius 1 is 1.21 bits per heavy atom. The highest BCUT2D eigenvalue weighted by atomic mass is 35.5. The Labute approximate surface area is 181 Å². The van der Waals surface area contributed by atoms with Crippen LogP contribution in [-0.2, 0) is 6.54 Å². The van der Waals surface area contributed by atoms with E-state index in [1.54, 1.807) is 25.3 Å². The number of hydrogen-bond donors (Lipinski definition) is 1. The van der Waals surface area contributed by atoms with Crippen molar-refractivity contribution >= 4 is 29.1 Å². The number of piperidine rings is 1. The number of nitrogens with one attached hydrogen (secondary N) is 1. The SMILES string of the molecule is COc1cccc(CN2CCC(C#N)(CNC(=O)c3cc(Cl)cc(Cl)c3)CC2)c1. The van der Waals surface area contributed by atoms with E-state index in [0.29, 0.717) is 35.0 Å². The third-order valence-corrected chi connectivity index (χ3v) is 5.74. The van der Waals surface area contributed by atoms with Gasteiger partial charge in [-0.1, -0.05) is 35.3 Å². The second kappa shape index (κ2) is 9.49. The number of carbonyl (C=O) groups is 1. The van der Waals surface area contributed by atoms with Crippen molar-refractivity contribution < 1.29 is 9.53 Å². The molecule has 152 valence electrons. The van der Waals surface area contributed by atoms with Gasteiger partial charge in [-0.25, -0.2) is 0 Å². The van der Waals surface area contributed by atoms with Crippen molar-refractivity contribution in [2.45, 2.75) is 19.4 Å². The highest BCUT2D eigenvalue weighted by Gasteiger charge is 2.35. The molecule has 0 saturated carbocycles. The molecule has 2 aromatic carbocycles. The van der Waals surface area contributed by atoms with Crippen LogP contribution in [0.3, 0.4) is 0 Å². The molecule has 1 saturated heterocycles. The standard InChI is InChI=1S/C22H23Cl2N3O2/c1-29-20-4-2-3-16(9-20)13-27-7-5-22(14-25,6-8-27)15-26-21(28)17-10-18(23)12-19(24)11-17/h2-4,9-12H,5-8,13,15H2,1H3,(H,26,28). The van der Waals surface area contributed by atoms with E-state index in [-0.39, 0.29) is 5.91 Å². The molecule has 0 radical (unpaired) electrons. The van der Waals surface area contributed by atoms with Crippen LogP contribution in [0.1, 0.15) is 28.8 Å². The van der Waals surface area contributed by atoms with Crippen molar-refractivity contribution in [2.75, 3.05) is 26.7 Å². The molecule has 0 aliphatic carbocycles. The molecule has 7 heteroatoms. The Hall–Kier alpha value is -2.26. The van der Waals surface area contributed by atoms with Gasteiger partial charge in [-0.2, -0.15) is 5.26 Å². The van der Waals surface area contributed by atoms with Gasteiger partial charge in [0.25, 0.3) is 5.91 Å². The van der Waals surface area contributed by atoms with E-state index < -0.39 is 5.41 Å². The summed E-state index contributed by atoms with van der Waals surface area (Å²) in [6, 6.07) is 15.2. The Bertz CT molecular complexity index is 898.